The maximum Gasteiger partial charge on any atom is 0.166 e. The second-order valence-electron chi connectivity index (χ2n) is 10.3. The summed E-state index contributed by atoms with van der Waals surface area (Å²) in [4.78, 5) is 15.0. The largest absolute Gasteiger partial charge is 0.294 e. The lowest BCUT2D eigenvalue weighted by molar-refractivity contribution is 0.0996. The number of Topliss-reactive ketones (excluding diaryl/α,β-unsaturated/α-hetero) is 1. The molecule has 0 heterocycles. The Morgan fingerprint density at radius 1 is 0.487 bits per heavy atom. The summed E-state index contributed by atoms with van der Waals surface area (Å²) in [6, 6.07) is 53.6. The first-order chi connectivity index (χ1) is 19.0. The smallest absolute Gasteiger partial charge is 0.166 e. The van der Waals surface area contributed by atoms with Gasteiger partial charge in [0.15, 0.2) is 5.78 Å². The number of benzene rings is 5. The van der Waals surface area contributed by atoms with Crippen LogP contribution in [0.4, 0.5) is 0 Å². The summed E-state index contributed by atoms with van der Waals surface area (Å²) in [6.45, 7) is 4.96. The summed E-state index contributed by atoms with van der Waals surface area (Å²) in [5.41, 5.74) is 0.763. The Kier molecular flexibility index (Phi) is 8.01. The van der Waals surface area contributed by atoms with E-state index in [0.717, 1.165) is 5.56 Å². The third-order valence-electron chi connectivity index (χ3n) is 8.07. The van der Waals surface area contributed by atoms with E-state index in [9.17, 15) is 4.79 Å². The van der Waals surface area contributed by atoms with E-state index >= 15 is 0 Å². The summed E-state index contributed by atoms with van der Waals surface area (Å²) in [5.74, 6) is 0.156. The fourth-order valence-corrected chi connectivity index (χ4v) is 18.0. The van der Waals surface area contributed by atoms with Gasteiger partial charge in [0.1, 0.15) is 16.1 Å². The molecule has 0 aromatic heterocycles. The molecule has 0 N–H and O–H groups in total. The van der Waals surface area contributed by atoms with Crippen LogP contribution in [0.5, 0.6) is 0 Å². The fraction of sp³-hybridized carbons (Fsp3) is 0.0833. The molecule has 1 nitrogen and oxygen atoms in total. The van der Waals surface area contributed by atoms with Gasteiger partial charge in [-0.15, -0.1) is 0 Å². The fourth-order valence-electron chi connectivity index (χ4n) is 5.89. The lowest BCUT2D eigenvalue weighted by atomic mass is 10.1. The van der Waals surface area contributed by atoms with E-state index in [1.54, 1.807) is 0 Å². The molecule has 39 heavy (non-hydrogen) atoms. The lowest BCUT2D eigenvalue weighted by Crippen LogP contribution is -2.70. The third kappa shape index (κ3) is 5.29. The molecule has 0 aliphatic carbocycles. The van der Waals surface area contributed by atoms with Gasteiger partial charge in [-0.05, 0) is 0 Å². The minimum atomic E-state index is -2.53. The summed E-state index contributed by atoms with van der Waals surface area (Å²) < 4.78 is 0. The maximum absolute atomic E-state index is 13.5. The predicted octanol–water partition coefficient (Wildman–Crippen LogP) is 6.05. The molecule has 5 rings (SSSR count). The van der Waals surface area contributed by atoms with Crippen molar-refractivity contribution in [3.63, 3.8) is 0 Å². The average molecular weight is 539 g/mol. The van der Waals surface area contributed by atoms with E-state index in [0.29, 0.717) is 6.42 Å². The molecule has 0 amide bonds. The number of rotatable bonds is 9. The highest BCUT2D eigenvalue weighted by atomic mass is 28.4. The second kappa shape index (κ2) is 11.8. The summed E-state index contributed by atoms with van der Waals surface area (Å²) in [7, 11) is -5.06. The Labute approximate surface area is 234 Å². The molecule has 0 unspecified atom stereocenters. The van der Waals surface area contributed by atoms with E-state index < -0.39 is 16.1 Å². The number of allylic oxidation sites excluding steroid dienone is 1. The second-order valence-corrected chi connectivity index (χ2v) is 18.7. The predicted molar refractivity (Wildman–Crippen MR) is 171 cm³/mol. The molecule has 0 radical (unpaired) electrons. The van der Waals surface area contributed by atoms with Crippen LogP contribution in [0.3, 0.4) is 0 Å². The standard InChI is InChI=1S/C36H34OSi2/c1-38(31-20-10-4-11-21-31,32-22-12-5-13-23-32)36(29-28-35(37)30-18-8-3-9-19-30)39(2,33-24-14-6-15-25-33)34-26-16-7-17-27-34/h3-27,29H,28H2,1-2H3. The highest BCUT2D eigenvalue weighted by Gasteiger charge is 2.47. The Bertz CT molecular complexity index is 1360. The Balaban J connectivity index is 1.82. The molecule has 0 aliphatic heterocycles. The highest BCUT2D eigenvalue weighted by Crippen LogP contribution is 2.28. The minimum absolute atomic E-state index is 0.156. The summed E-state index contributed by atoms with van der Waals surface area (Å²) >= 11 is 0. The van der Waals surface area contributed by atoms with Crippen molar-refractivity contribution in [2.24, 2.45) is 0 Å². The van der Waals surface area contributed by atoms with Crippen LogP contribution in [-0.2, 0) is 0 Å². The molecule has 0 bridgehead atoms. The molecule has 0 atom stereocenters. The van der Waals surface area contributed by atoms with Gasteiger partial charge in [0.05, 0.1) is 0 Å². The van der Waals surface area contributed by atoms with Gasteiger partial charge in [-0.2, -0.15) is 0 Å². The van der Waals surface area contributed by atoms with Crippen molar-refractivity contribution in [1.29, 1.82) is 0 Å². The van der Waals surface area contributed by atoms with Crippen molar-refractivity contribution >= 4 is 42.7 Å². The van der Waals surface area contributed by atoms with Gasteiger partial charge in [0.25, 0.3) is 0 Å². The minimum Gasteiger partial charge on any atom is -0.294 e. The first-order valence-electron chi connectivity index (χ1n) is 13.6. The van der Waals surface area contributed by atoms with Crippen molar-refractivity contribution in [2.75, 3.05) is 0 Å². The molecule has 192 valence electrons. The molecule has 5 aromatic rings. The Morgan fingerprint density at radius 3 is 1.08 bits per heavy atom. The zero-order valence-corrected chi connectivity index (χ0v) is 24.6. The molecule has 0 saturated heterocycles. The van der Waals surface area contributed by atoms with E-state index in [2.05, 4.69) is 140 Å². The maximum atomic E-state index is 13.5. The molecule has 0 fully saturated rings. The molecule has 0 aliphatic rings. The molecule has 0 spiro atoms. The van der Waals surface area contributed by atoms with E-state index in [-0.39, 0.29) is 5.78 Å². The van der Waals surface area contributed by atoms with Gasteiger partial charge in [-0.1, -0.05) is 196 Å². The summed E-state index contributed by atoms with van der Waals surface area (Å²) in [5, 5.41) is 5.45. The lowest BCUT2D eigenvalue weighted by Gasteiger charge is -2.42. The van der Waals surface area contributed by atoms with Crippen molar-refractivity contribution in [3.8, 4) is 0 Å². The van der Waals surface area contributed by atoms with Crippen LogP contribution < -0.4 is 20.7 Å². The topological polar surface area (TPSA) is 17.1 Å². The van der Waals surface area contributed by atoms with Gasteiger partial charge >= 0.3 is 0 Å². The van der Waals surface area contributed by atoms with Crippen LogP contribution in [0.1, 0.15) is 16.8 Å². The average Bonchev–Trinajstić information content (AvgIpc) is 3.02. The monoisotopic (exact) mass is 538 g/mol. The van der Waals surface area contributed by atoms with Crippen molar-refractivity contribution in [1.82, 2.24) is 0 Å². The number of hydrogen-bond donors (Lipinski definition) is 0. The van der Waals surface area contributed by atoms with Gasteiger partial charge < -0.3 is 0 Å². The first-order valence-corrected chi connectivity index (χ1v) is 18.6. The van der Waals surface area contributed by atoms with Crippen molar-refractivity contribution < 1.29 is 4.79 Å². The summed E-state index contributed by atoms with van der Waals surface area (Å²) in [6.07, 6.45) is 2.71. The Morgan fingerprint density at radius 2 is 0.769 bits per heavy atom. The quantitative estimate of drug-likeness (QED) is 0.165. The van der Waals surface area contributed by atoms with Gasteiger partial charge in [0.2, 0.25) is 0 Å². The van der Waals surface area contributed by atoms with Gasteiger partial charge in [0, 0.05) is 12.0 Å². The Hall–Kier alpha value is -4.06. The van der Waals surface area contributed by atoms with Crippen LogP contribution in [-0.4, -0.2) is 21.9 Å². The number of carbonyl (C=O) groups is 1. The van der Waals surface area contributed by atoms with Crippen LogP contribution >= 0.6 is 0 Å². The molecule has 5 aromatic carbocycles. The van der Waals surface area contributed by atoms with Crippen LogP contribution in [0.2, 0.25) is 13.1 Å². The normalized spacial score (nSPS) is 11.5. The molecular formula is C36H34OSi2. The van der Waals surface area contributed by atoms with Crippen LogP contribution in [0.25, 0.3) is 0 Å². The SMILES string of the molecule is C[Si](C(=CCC(=O)c1ccccc1)[Si](C)(c1ccccc1)c1ccccc1)(c1ccccc1)c1ccccc1. The number of carbonyl (C=O) groups excluding carboxylic acids is 1. The molecule has 3 heteroatoms. The molecule has 0 saturated carbocycles. The van der Waals surface area contributed by atoms with E-state index in [4.69, 9.17) is 0 Å². The van der Waals surface area contributed by atoms with E-state index in [1.165, 1.54) is 25.6 Å². The van der Waals surface area contributed by atoms with Gasteiger partial charge in [-0.25, -0.2) is 0 Å². The van der Waals surface area contributed by atoms with Crippen LogP contribution in [0, 0.1) is 0 Å². The first kappa shape index (κ1) is 26.5. The van der Waals surface area contributed by atoms with Gasteiger partial charge in [-0.3, -0.25) is 4.79 Å². The number of ketones is 1. The third-order valence-corrected chi connectivity index (χ3v) is 19.6. The molecular weight excluding hydrogens is 505 g/mol. The number of hydrogen-bond acceptors (Lipinski definition) is 1. The van der Waals surface area contributed by atoms with Crippen molar-refractivity contribution in [2.45, 2.75) is 19.5 Å². The van der Waals surface area contributed by atoms with E-state index in [1.807, 2.05) is 30.3 Å². The van der Waals surface area contributed by atoms with Crippen molar-refractivity contribution in [3.05, 3.63) is 168 Å². The zero-order chi connectivity index (χ0) is 27.1. The zero-order valence-electron chi connectivity index (χ0n) is 22.6. The van der Waals surface area contributed by atoms with Crippen LogP contribution in [0.15, 0.2) is 163 Å². The highest BCUT2D eigenvalue weighted by molar-refractivity contribution is 7.24.